The maximum atomic E-state index is 5.83. The van der Waals surface area contributed by atoms with E-state index >= 15 is 0 Å². The fourth-order valence-electron chi connectivity index (χ4n) is 2.42. The zero-order chi connectivity index (χ0) is 17.5. The highest BCUT2D eigenvalue weighted by atomic mass is 35.5. The molecule has 0 aliphatic rings. The largest absolute Gasteiger partial charge is 0.382 e. The number of aromatic nitrogens is 3. The fraction of sp³-hybridized carbons (Fsp3) is 0.0500. The first-order chi connectivity index (χ1) is 12.2. The SMILES string of the molecule is Clc1ccccc1.Nc1nnc(Cc2ccncc2)c2ccccc12. The molecule has 0 amide bonds. The molecule has 5 heteroatoms. The summed E-state index contributed by atoms with van der Waals surface area (Å²) in [4.78, 5) is 4.01. The summed E-state index contributed by atoms with van der Waals surface area (Å²) in [5.41, 5.74) is 7.93. The van der Waals surface area contributed by atoms with Crippen molar-refractivity contribution >= 4 is 28.2 Å². The van der Waals surface area contributed by atoms with Crippen molar-refractivity contribution in [2.45, 2.75) is 6.42 Å². The van der Waals surface area contributed by atoms with E-state index in [1.165, 1.54) is 0 Å². The number of anilines is 1. The quantitative estimate of drug-likeness (QED) is 0.577. The number of hydrogen-bond acceptors (Lipinski definition) is 4. The summed E-state index contributed by atoms with van der Waals surface area (Å²) in [5, 5.41) is 11.0. The zero-order valence-corrected chi connectivity index (χ0v) is 14.3. The lowest BCUT2D eigenvalue weighted by atomic mass is 10.1. The summed E-state index contributed by atoms with van der Waals surface area (Å²) in [6.45, 7) is 0. The molecule has 0 bridgehead atoms. The van der Waals surface area contributed by atoms with Crippen LogP contribution in [0.15, 0.2) is 79.1 Å². The minimum Gasteiger partial charge on any atom is -0.382 e. The van der Waals surface area contributed by atoms with E-state index in [4.69, 9.17) is 17.3 Å². The number of benzene rings is 2. The highest BCUT2D eigenvalue weighted by molar-refractivity contribution is 6.30. The molecule has 0 aliphatic heterocycles. The molecule has 0 fully saturated rings. The van der Waals surface area contributed by atoms with Crippen LogP contribution in [0.25, 0.3) is 10.8 Å². The second kappa shape index (κ2) is 8.22. The average molecular weight is 349 g/mol. The Kier molecular flexibility index (Phi) is 5.54. The van der Waals surface area contributed by atoms with Gasteiger partial charge in [-0.2, -0.15) is 5.10 Å². The Morgan fingerprint density at radius 2 is 1.40 bits per heavy atom. The van der Waals surface area contributed by atoms with Crippen molar-refractivity contribution in [2.75, 3.05) is 5.73 Å². The van der Waals surface area contributed by atoms with Crippen molar-refractivity contribution in [3.8, 4) is 0 Å². The van der Waals surface area contributed by atoms with Crippen molar-refractivity contribution in [3.05, 3.63) is 95.4 Å². The third-order valence-electron chi connectivity index (χ3n) is 3.65. The number of hydrogen-bond donors (Lipinski definition) is 1. The molecule has 0 saturated heterocycles. The normalized spacial score (nSPS) is 10.1. The monoisotopic (exact) mass is 348 g/mol. The van der Waals surface area contributed by atoms with Crippen LogP contribution >= 0.6 is 11.6 Å². The molecule has 0 saturated carbocycles. The minimum atomic E-state index is 0.476. The number of halogens is 1. The van der Waals surface area contributed by atoms with Crippen LogP contribution in [-0.4, -0.2) is 15.2 Å². The number of nitrogens with two attached hydrogens (primary N) is 1. The third kappa shape index (κ3) is 4.52. The summed E-state index contributed by atoms with van der Waals surface area (Å²) in [6, 6.07) is 21.3. The van der Waals surface area contributed by atoms with Gasteiger partial charge in [0, 0.05) is 34.6 Å². The maximum absolute atomic E-state index is 5.83. The van der Waals surface area contributed by atoms with Crippen LogP contribution in [0.1, 0.15) is 11.3 Å². The van der Waals surface area contributed by atoms with Gasteiger partial charge in [-0.1, -0.05) is 54.1 Å². The predicted molar refractivity (Wildman–Crippen MR) is 102 cm³/mol. The molecule has 0 unspecified atom stereocenters. The van der Waals surface area contributed by atoms with Crippen LogP contribution in [0.5, 0.6) is 0 Å². The lowest BCUT2D eigenvalue weighted by molar-refractivity contribution is 0.963. The van der Waals surface area contributed by atoms with Gasteiger partial charge in [-0.15, -0.1) is 5.10 Å². The highest BCUT2D eigenvalue weighted by Gasteiger charge is 2.07. The summed E-state index contributed by atoms with van der Waals surface area (Å²) >= 11 is 5.54. The molecule has 4 nitrogen and oxygen atoms in total. The van der Waals surface area contributed by atoms with E-state index in [2.05, 4.69) is 15.2 Å². The first kappa shape index (κ1) is 16.9. The molecule has 2 N–H and O–H groups in total. The molecule has 0 spiro atoms. The lowest BCUT2D eigenvalue weighted by Gasteiger charge is -2.06. The van der Waals surface area contributed by atoms with Gasteiger partial charge in [0.25, 0.3) is 0 Å². The van der Waals surface area contributed by atoms with Gasteiger partial charge < -0.3 is 5.73 Å². The van der Waals surface area contributed by atoms with Gasteiger partial charge in [-0.25, -0.2) is 0 Å². The molecule has 2 heterocycles. The van der Waals surface area contributed by atoms with Gasteiger partial charge in [0.1, 0.15) is 0 Å². The van der Waals surface area contributed by atoms with E-state index in [1.54, 1.807) is 12.4 Å². The van der Waals surface area contributed by atoms with Crippen LogP contribution in [0.3, 0.4) is 0 Å². The molecule has 124 valence electrons. The summed E-state index contributed by atoms with van der Waals surface area (Å²) in [5.74, 6) is 0.476. The maximum Gasteiger partial charge on any atom is 0.153 e. The molecule has 0 atom stereocenters. The molecule has 0 radical (unpaired) electrons. The Labute approximate surface area is 151 Å². The van der Waals surface area contributed by atoms with Gasteiger partial charge in [0.15, 0.2) is 5.82 Å². The molecule has 4 rings (SSSR count). The van der Waals surface area contributed by atoms with Crippen molar-refractivity contribution in [3.63, 3.8) is 0 Å². The molecule has 0 aliphatic carbocycles. The second-order valence-electron chi connectivity index (χ2n) is 5.41. The predicted octanol–water partition coefficient (Wildman–Crippen LogP) is 4.54. The Morgan fingerprint density at radius 1 is 0.760 bits per heavy atom. The number of pyridine rings is 1. The minimum absolute atomic E-state index is 0.476. The standard InChI is InChI=1S/C14H12N4.C6H5Cl/c15-14-12-4-2-1-3-11(12)13(17-18-14)9-10-5-7-16-8-6-10;7-6-4-2-1-3-5-6/h1-8H,9H2,(H2,15,18);1-5H. The summed E-state index contributed by atoms with van der Waals surface area (Å²) in [6.07, 6.45) is 4.29. The van der Waals surface area contributed by atoms with E-state index in [1.807, 2.05) is 66.7 Å². The van der Waals surface area contributed by atoms with Crippen LogP contribution in [0.4, 0.5) is 5.82 Å². The van der Waals surface area contributed by atoms with Crippen molar-refractivity contribution < 1.29 is 0 Å². The lowest BCUT2D eigenvalue weighted by Crippen LogP contribution is -2.01. The average Bonchev–Trinajstić information content (AvgIpc) is 2.66. The molecule has 4 aromatic rings. The van der Waals surface area contributed by atoms with Crippen molar-refractivity contribution in [2.24, 2.45) is 0 Å². The molecular formula is C20H17ClN4. The van der Waals surface area contributed by atoms with E-state index in [9.17, 15) is 0 Å². The smallest absolute Gasteiger partial charge is 0.153 e. The molecular weight excluding hydrogens is 332 g/mol. The van der Waals surface area contributed by atoms with Gasteiger partial charge in [-0.05, 0) is 29.8 Å². The first-order valence-corrected chi connectivity index (χ1v) is 8.21. The van der Waals surface area contributed by atoms with Crippen LogP contribution in [-0.2, 0) is 6.42 Å². The van der Waals surface area contributed by atoms with E-state index < -0.39 is 0 Å². The van der Waals surface area contributed by atoms with Gasteiger partial charge >= 0.3 is 0 Å². The Hall–Kier alpha value is -2.98. The van der Waals surface area contributed by atoms with Crippen molar-refractivity contribution in [1.29, 1.82) is 0 Å². The fourth-order valence-corrected chi connectivity index (χ4v) is 2.56. The second-order valence-corrected chi connectivity index (χ2v) is 5.84. The van der Waals surface area contributed by atoms with E-state index in [0.29, 0.717) is 5.82 Å². The number of fused-ring (bicyclic) bond motifs is 1. The first-order valence-electron chi connectivity index (χ1n) is 7.83. The molecule has 2 aromatic carbocycles. The zero-order valence-electron chi connectivity index (χ0n) is 13.5. The Bertz CT molecular complexity index is 943. The van der Waals surface area contributed by atoms with Crippen molar-refractivity contribution in [1.82, 2.24) is 15.2 Å². The number of nitrogens with zero attached hydrogens (tertiary/aromatic N) is 3. The Balaban J connectivity index is 0.000000219. The summed E-state index contributed by atoms with van der Waals surface area (Å²) in [7, 11) is 0. The van der Waals surface area contributed by atoms with Gasteiger partial charge in [0.2, 0.25) is 0 Å². The number of rotatable bonds is 2. The Morgan fingerprint density at radius 3 is 2.04 bits per heavy atom. The number of nitrogen functional groups attached to an aromatic ring is 1. The van der Waals surface area contributed by atoms with Crippen LogP contribution in [0.2, 0.25) is 5.02 Å². The van der Waals surface area contributed by atoms with Crippen LogP contribution < -0.4 is 5.73 Å². The topological polar surface area (TPSA) is 64.7 Å². The van der Waals surface area contributed by atoms with Gasteiger partial charge in [-0.3, -0.25) is 4.98 Å². The molecule has 25 heavy (non-hydrogen) atoms. The third-order valence-corrected chi connectivity index (χ3v) is 3.90. The summed E-state index contributed by atoms with van der Waals surface area (Å²) < 4.78 is 0. The van der Waals surface area contributed by atoms with E-state index in [0.717, 1.165) is 33.5 Å². The van der Waals surface area contributed by atoms with E-state index in [-0.39, 0.29) is 0 Å². The molecule has 2 aromatic heterocycles. The van der Waals surface area contributed by atoms with Crippen LogP contribution in [0, 0.1) is 0 Å². The highest BCUT2D eigenvalue weighted by Crippen LogP contribution is 2.22. The van der Waals surface area contributed by atoms with Gasteiger partial charge in [0.05, 0.1) is 5.69 Å².